The van der Waals surface area contributed by atoms with Crippen molar-refractivity contribution in [2.24, 2.45) is 0 Å². The summed E-state index contributed by atoms with van der Waals surface area (Å²) in [5, 5.41) is 23.9. The first-order valence-electron chi connectivity index (χ1n) is 7.43. The number of non-ortho nitro benzene ring substituents is 1. The van der Waals surface area contributed by atoms with Gasteiger partial charge in [-0.15, -0.1) is 11.3 Å². The van der Waals surface area contributed by atoms with E-state index in [4.69, 9.17) is 0 Å². The van der Waals surface area contributed by atoms with E-state index in [9.17, 15) is 10.1 Å². The van der Waals surface area contributed by atoms with Crippen LogP contribution in [0.3, 0.4) is 0 Å². The van der Waals surface area contributed by atoms with Crippen LogP contribution in [0.15, 0.2) is 48.0 Å². The van der Waals surface area contributed by atoms with Gasteiger partial charge in [0.15, 0.2) is 5.82 Å². The topological polar surface area (TPSA) is 110 Å². The van der Waals surface area contributed by atoms with Gasteiger partial charge in [-0.05, 0) is 29.6 Å². The molecule has 124 valence electrons. The monoisotopic (exact) mass is 352 g/mol. The van der Waals surface area contributed by atoms with Gasteiger partial charge in [-0.3, -0.25) is 20.2 Å². The van der Waals surface area contributed by atoms with Crippen molar-refractivity contribution >= 4 is 33.6 Å². The number of benzene rings is 1. The van der Waals surface area contributed by atoms with Crippen molar-refractivity contribution in [3.63, 3.8) is 0 Å². The van der Waals surface area contributed by atoms with Crippen LogP contribution >= 0.6 is 11.3 Å². The second-order valence-corrected chi connectivity index (χ2v) is 6.17. The second kappa shape index (κ2) is 6.29. The highest BCUT2D eigenvalue weighted by Crippen LogP contribution is 2.30. The average Bonchev–Trinajstić information content (AvgIpc) is 3.30. The number of H-pyrrole nitrogens is 1. The summed E-state index contributed by atoms with van der Waals surface area (Å²) in [6.07, 6.45) is 1.61. The molecular formula is C16H12N6O2S. The minimum atomic E-state index is -0.405. The number of nitro benzene ring substituents is 1. The van der Waals surface area contributed by atoms with Crippen molar-refractivity contribution in [3.05, 3.63) is 63.9 Å². The van der Waals surface area contributed by atoms with Crippen molar-refractivity contribution in [2.45, 2.75) is 6.54 Å². The maximum Gasteiger partial charge on any atom is 0.278 e. The molecule has 0 bridgehead atoms. The lowest BCUT2D eigenvalue weighted by atomic mass is 10.1. The molecule has 0 spiro atoms. The van der Waals surface area contributed by atoms with Crippen molar-refractivity contribution in [1.82, 2.24) is 20.2 Å². The molecule has 0 atom stereocenters. The number of pyridine rings is 1. The van der Waals surface area contributed by atoms with Crippen LogP contribution in [0.25, 0.3) is 21.6 Å². The lowest BCUT2D eigenvalue weighted by molar-refractivity contribution is -0.383. The van der Waals surface area contributed by atoms with Crippen molar-refractivity contribution in [1.29, 1.82) is 0 Å². The molecule has 9 heteroatoms. The normalized spacial score (nSPS) is 10.9. The Morgan fingerprint density at radius 2 is 2.16 bits per heavy atom. The second-order valence-electron chi connectivity index (χ2n) is 5.23. The summed E-state index contributed by atoms with van der Waals surface area (Å²) in [6.45, 7) is 0.405. The Kier molecular flexibility index (Phi) is 3.82. The first-order chi connectivity index (χ1) is 12.2. The zero-order chi connectivity index (χ0) is 17.2. The molecule has 0 fully saturated rings. The van der Waals surface area contributed by atoms with Gasteiger partial charge in [0.2, 0.25) is 0 Å². The number of nitro groups is 1. The summed E-state index contributed by atoms with van der Waals surface area (Å²) in [5.74, 6) is 1.32. The maximum atomic E-state index is 11.2. The molecule has 0 aliphatic rings. The molecule has 0 amide bonds. The summed E-state index contributed by atoms with van der Waals surface area (Å²) in [7, 11) is 0. The molecule has 25 heavy (non-hydrogen) atoms. The van der Waals surface area contributed by atoms with Crippen LogP contribution in [-0.2, 0) is 6.54 Å². The Balaban J connectivity index is 1.59. The SMILES string of the molecule is O=[N+]([O-])c1ccc(NCc2nc(-c3cccs3)n[nH]2)c2ncccc12. The Labute approximate surface area is 145 Å². The lowest BCUT2D eigenvalue weighted by Gasteiger charge is -2.07. The quantitative estimate of drug-likeness (QED) is 0.419. The van der Waals surface area contributed by atoms with E-state index in [0.29, 0.717) is 34.8 Å². The maximum absolute atomic E-state index is 11.2. The summed E-state index contributed by atoms with van der Waals surface area (Å²) in [5.41, 5.74) is 1.29. The van der Waals surface area contributed by atoms with Crippen LogP contribution in [0.4, 0.5) is 11.4 Å². The van der Waals surface area contributed by atoms with Gasteiger partial charge in [0.1, 0.15) is 11.3 Å². The number of anilines is 1. The van der Waals surface area contributed by atoms with Gasteiger partial charge < -0.3 is 5.32 Å². The fourth-order valence-electron chi connectivity index (χ4n) is 2.53. The summed E-state index contributed by atoms with van der Waals surface area (Å²) in [4.78, 5) is 20.5. The van der Waals surface area contributed by atoms with Gasteiger partial charge in [0.05, 0.1) is 27.4 Å². The van der Waals surface area contributed by atoms with Crippen LogP contribution in [0.2, 0.25) is 0 Å². The molecular weight excluding hydrogens is 340 g/mol. The van der Waals surface area contributed by atoms with E-state index in [1.165, 1.54) is 6.07 Å². The summed E-state index contributed by atoms with van der Waals surface area (Å²) >= 11 is 1.57. The molecule has 4 rings (SSSR count). The van der Waals surface area contributed by atoms with Gasteiger partial charge in [0, 0.05) is 12.3 Å². The average molecular weight is 352 g/mol. The highest BCUT2D eigenvalue weighted by atomic mass is 32.1. The lowest BCUT2D eigenvalue weighted by Crippen LogP contribution is -2.03. The first-order valence-corrected chi connectivity index (χ1v) is 8.31. The third-order valence-corrected chi connectivity index (χ3v) is 4.53. The van der Waals surface area contributed by atoms with Crippen LogP contribution < -0.4 is 5.32 Å². The largest absolute Gasteiger partial charge is 0.376 e. The van der Waals surface area contributed by atoms with Crippen LogP contribution in [-0.4, -0.2) is 25.1 Å². The molecule has 4 aromatic rings. The van der Waals surface area contributed by atoms with Gasteiger partial charge in [-0.2, -0.15) is 5.10 Å². The zero-order valence-electron chi connectivity index (χ0n) is 12.8. The molecule has 1 aromatic carbocycles. The van der Waals surface area contributed by atoms with Crippen molar-refractivity contribution in [2.75, 3.05) is 5.32 Å². The third kappa shape index (κ3) is 2.92. The molecule has 0 radical (unpaired) electrons. The van der Waals surface area contributed by atoms with E-state index in [2.05, 4.69) is 25.5 Å². The van der Waals surface area contributed by atoms with E-state index in [0.717, 1.165) is 4.88 Å². The van der Waals surface area contributed by atoms with Crippen molar-refractivity contribution < 1.29 is 4.92 Å². The fourth-order valence-corrected chi connectivity index (χ4v) is 3.19. The van der Waals surface area contributed by atoms with Crippen molar-refractivity contribution in [3.8, 4) is 10.7 Å². The molecule has 0 aliphatic heterocycles. The zero-order valence-corrected chi connectivity index (χ0v) is 13.7. The smallest absolute Gasteiger partial charge is 0.278 e. The Morgan fingerprint density at radius 3 is 2.96 bits per heavy atom. The minimum absolute atomic E-state index is 0.0355. The summed E-state index contributed by atoms with van der Waals surface area (Å²) in [6, 6.07) is 10.4. The number of fused-ring (bicyclic) bond motifs is 1. The van der Waals surface area contributed by atoms with E-state index >= 15 is 0 Å². The molecule has 3 aromatic heterocycles. The Bertz CT molecular complexity index is 1040. The number of aromatic nitrogens is 4. The van der Waals surface area contributed by atoms with Crippen LogP contribution in [0.1, 0.15) is 5.82 Å². The Hall–Kier alpha value is -3.33. The molecule has 0 aliphatic carbocycles. The number of thiophene rings is 1. The number of hydrogen-bond acceptors (Lipinski definition) is 7. The standard InChI is InChI=1S/C16H12N6O2S/c23-22(24)12-6-5-11(15-10(12)3-1-7-17-15)18-9-14-19-16(21-20-14)13-4-2-8-25-13/h1-8,18H,9H2,(H,19,20,21). The number of hydrogen-bond donors (Lipinski definition) is 2. The van der Waals surface area contributed by atoms with E-state index in [-0.39, 0.29) is 5.69 Å². The highest BCUT2D eigenvalue weighted by Gasteiger charge is 2.15. The summed E-state index contributed by atoms with van der Waals surface area (Å²) < 4.78 is 0. The fraction of sp³-hybridized carbons (Fsp3) is 0.0625. The van der Waals surface area contributed by atoms with Gasteiger partial charge in [-0.25, -0.2) is 4.98 Å². The van der Waals surface area contributed by atoms with E-state index < -0.39 is 4.92 Å². The van der Waals surface area contributed by atoms with Gasteiger partial charge in [0.25, 0.3) is 5.69 Å². The predicted molar refractivity (Wildman–Crippen MR) is 95.4 cm³/mol. The predicted octanol–water partition coefficient (Wildman–Crippen LogP) is 3.60. The number of nitrogens with zero attached hydrogens (tertiary/aromatic N) is 4. The molecule has 0 saturated heterocycles. The van der Waals surface area contributed by atoms with Crippen LogP contribution in [0, 0.1) is 10.1 Å². The molecule has 0 saturated carbocycles. The minimum Gasteiger partial charge on any atom is -0.376 e. The molecule has 0 unspecified atom stereocenters. The van der Waals surface area contributed by atoms with Gasteiger partial charge in [-0.1, -0.05) is 6.07 Å². The third-order valence-electron chi connectivity index (χ3n) is 3.66. The van der Waals surface area contributed by atoms with E-state index in [1.807, 2.05) is 17.5 Å². The van der Waals surface area contributed by atoms with E-state index in [1.54, 1.807) is 35.7 Å². The van der Waals surface area contributed by atoms with Crippen LogP contribution in [0.5, 0.6) is 0 Å². The highest BCUT2D eigenvalue weighted by molar-refractivity contribution is 7.13. The number of nitrogens with one attached hydrogen (secondary N) is 2. The Morgan fingerprint density at radius 1 is 1.24 bits per heavy atom. The molecule has 3 heterocycles. The first kappa shape index (κ1) is 15.2. The molecule has 8 nitrogen and oxygen atoms in total. The van der Waals surface area contributed by atoms with Gasteiger partial charge >= 0.3 is 0 Å². The number of rotatable bonds is 5. The number of aromatic amines is 1. The molecule has 2 N–H and O–H groups in total.